The molecule has 0 saturated heterocycles. The van der Waals surface area contributed by atoms with E-state index in [-0.39, 0.29) is 6.29 Å². The van der Waals surface area contributed by atoms with Crippen molar-refractivity contribution in [1.29, 1.82) is 0 Å². The van der Waals surface area contributed by atoms with Gasteiger partial charge in [0.2, 0.25) is 6.29 Å². The summed E-state index contributed by atoms with van der Waals surface area (Å²) in [6.45, 7) is 10.9. The molecule has 7 rings (SSSR count). The molecule has 0 fully saturated rings. The zero-order valence-electron chi connectivity index (χ0n) is 27.3. The molecule has 0 aromatic heterocycles. The second kappa shape index (κ2) is 15.5. The third kappa shape index (κ3) is 7.52. The van der Waals surface area contributed by atoms with E-state index in [4.69, 9.17) is 14.2 Å². The molecular formula is C42H44O4. The summed E-state index contributed by atoms with van der Waals surface area (Å²) >= 11 is 0. The minimum atomic E-state index is -0.216. The van der Waals surface area contributed by atoms with E-state index in [9.17, 15) is 5.11 Å². The van der Waals surface area contributed by atoms with Crippen molar-refractivity contribution in [2.75, 3.05) is 13.7 Å². The summed E-state index contributed by atoms with van der Waals surface area (Å²) < 4.78 is 17.0. The van der Waals surface area contributed by atoms with Crippen molar-refractivity contribution in [3.8, 4) is 17.2 Å². The van der Waals surface area contributed by atoms with Crippen LogP contribution in [0, 0.1) is 5.92 Å². The van der Waals surface area contributed by atoms with Crippen molar-refractivity contribution in [1.82, 2.24) is 0 Å². The van der Waals surface area contributed by atoms with Crippen molar-refractivity contribution < 1.29 is 19.3 Å². The van der Waals surface area contributed by atoms with Gasteiger partial charge in [-0.25, -0.2) is 0 Å². The van der Waals surface area contributed by atoms with Gasteiger partial charge in [-0.15, -0.1) is 0 Å². The third-order valence-electron chi connectivity index (χ3n) is 8.18. The molecule has 4 nitrogen and oxygen atoms in total. The molecule has 0 aliphatic heterocycles. The molecule has 1 atom stereocenters. The molecule has 4 heteroatoms. The van der Waals surface area contributed by atoms with Crippen molar-refractivity contribution in [2.45, 2.75) is 46.3 Å². The Kier molecular flexibility index (Phi) is 11.0. The smallest absolute Gasteiger partial charge is 0.201 e. The Morgan fingerprint density at radius 2 is 1.30 bits per heavy atom. The fraction of sp³-hybridized carbons (Fsp3) is 0.238. The Labute approximate surface area is 273 Å². The maximum absolute atomic E-state index is 9.62. The Hall–Kier alpha value is -4.80. The highest BCUT2D eigenvalue weighted by molar-refractivity contribution is 6.07. The van der Waals surface area contributed by atoms with Crippen LogP contribution >= 0.6 is 0 Å². The van der Waals surface area contributed by atoms with Gasteiger partial charge in [-0.05, 0) is 69.3 Å². The number of hydrogen-bond acceptors (Lipinski definition) is 4. The topological polar surface area (TPSA) is 47.9 Å². The first-order chi connectivity index (χ1) is 22.4. The van der Waals surface area contributed by atoms with Gasteiger partial charge in [0.1, 0.15) is 17.2 Å². The molecule has 0 amide bonds. The maximum Gasteiger partial charge on any atom is 0.201 e. The van der Waals surface area contributed by atoms with Crippen LogP contribution in [0.3, 0.4) is 0 Å². The summed E-state index contributed by atoms with van der Waals surface area (Å²) in [7, 11) is 1.69. The van der Waals surface area contributed by atoms with E-state index in [2.05, 4.69) is 82.0 Å². The molecular weight excluding hydrogens is 568 g/mol. The molecule has 0 radical (unpaired) electrons. The molecule has 236 valence electrons. The van der Waals surface area contributed by atoms with Crippen molar-refractivity contribution in [2.24, 2.45) is 5.92 Å². The maximum atomic E-state index is 9.62. The van der Waals surface area contributed by atoms with Crippen LogP contribution in [-0.4, -0.2) is 25.1 Å². The number of methoxy groups -OCH3 is 1. The molecule has 0 bridgehead atoms. The number of benzene rings is 5. The monoisotopic (exact) mass is 612 g/mol. The van der Waals surface area contributed by atoms with Crippen LogP contribution in [0.4, 0.5) is 0 Å². The summed E-state index contributed by atoms with van der Waals surface area (Å²) in [5.41, 5.74) is 6.05. The van der Waals surface area contributed by atoms with E-state index in [0.29, 0.717) is 11.7 Å². The highest BCUT2D eigenvalue weighted by Crippen LogP contribution is 2.37. The second-order valence-corrected chi connectivity index (χ2v) is 11.8. The van der Waals surface area contributed by atoms with Crippen LogP contribution in [0.5, 0.6) is 17.2 Å². The van der Waals surface area contributed by atoms with Crippen molar-refractivity contribution in [3.05, 3.63) is 119 Å². The van der Waals surface area contributed by atoms with Gasteiger partial charge in [-0.3, -0.25) is 0 Å². The first-order valence-corrected chi connectivity index (χ1v) is 16.1. The molecule has 1 unspecified atom stereocenters. The van der Waals surface area contributed by atoms with Crippen molar-refractivity contribution >= 4 is 51.9 Å². The molecule has 5 aromatic carbocycles. The minimum absolute atomic E-state index is 0.216. The number of phenolic OH excluding ortho intramolecular Hbond substituents is 1. The van der Waals surface area contributed by atoms with E-state index in [1.54, 1.807) is 13.2 Å². The number of ether oxygens (including phenoxy) is 3. The van der Waals surface area contributed by atoms with E-state index in [1.807, 2.05) is 54.6 Å². The SMILES string of the molecule is C=Cc1ccc(OCCCCC)cc1.COC(Oc1ccc2c3c(cccc13)C=C2)C(C)C.Oc1ccc2c3c(cccc13)C=C2. The highest BCUT2D eigenvalue weighted by atomic mass is 16.7. The predicted octanol–water partition coefficient (Wildman–Crippen LogP) is 11.3. The van der Waals surface area contributed by atoms with Crippen LogP contribution in [-0.2, 0) is 4.74 Å². The number of aromatic hydroxyl groups is 1. The summed E-state index contributed by atoms with van der Waals surface area (Å²) in [6.07, 6.45) is 13.7. The summed E-state index contributed by atoms with van der Waals surface area (Å²) in [5.74, 6) is 2.52. The quantitative estimate of drug-likeness (QED) is 0.123. The lowest BCUT2D eigenvalue weighted by atomic mass is 10.0. The van der Waals surface area contributed by atoms with Crippen LogP contribution in [0.25, 0.3) is 51.9 Å². The van der Waals surface area contributed by atoms with Gasteiger partial charge in [0, 0.05) is 23.8 Å². The Morgan fingerprint density at radius 3 is 1.89 bits per heavy atom. The van der Waals surface area contributed by atoms with Gasteiger partial charge in [-0.2, -0.15) is 0 Å². The van der Waals surface area contributed by atoms with Gasteiger partial charge in [0.25, 0.3) is 0 Å². The molecule has 2 aliphatic rings. The van der Waals surface area contributed by atoms with Crippen molar-refractivity contribution in [3.63, 3.8) is 0 Å². The Morgan fingerprint density at radius 1 is 0.717 bits per heavy atom. The lowest BCUT2D eigenvalue weighted by molar-refractivity contribution is -0.0825. The summed E-state index contributed by atoms with van der Waals surface area (Å²) in [6, 6.07) is 28.1. The molecule has 1 N–H and O–H groups in total. The van der Waals surface area contributed by atoms with Crippen LogP contribution in [0.1, 0.15) is 67.9 Å². The largest absolute Gasteiger partial charge is 0.507 e. The number of unbranched alkanes of at least 4 members (excludes halogenated alkanes) is 2. The predicted molar refractivity (Wildman–Crippen MR) is 195 cm³/mol. The van der Waals surface area contributed by atoms with E-state index >= 15 is 0 Å². The molecule has 5 aromatic rings. The van der Waals surface area contributed by atoms with Gasteiger partial charge in [-0.1, -0.05) is 131 Å². The Balaban J connectivity index is 0.000000139. The fourth-order valence-electron chi connectivity index (χ4n) is 5.73. The minimum Gasteiger partial charge on any atom is -0.507 e. The van der Waals surface area contributed by atoms with Gasteiger partial charge < -0.3 is 19.3 Å². The highest BCUT2D eigenvalue weighted by Gasteiger charge is 2.18. The van der Waals surface area contributed by atoms with E-state index in [1.165, 1.54) is 45.9 Å². The average Bonchev–Trinajstić information content (AvgIpc) is 3.71. The van der Waals surface area contributed by atoms with Crippen LogP contribution in [0.2, 0.25) is 0 Å². The fourth-order valence-corrected chi connectivity index (χ4v) is 5.73. The number of phenols is 1. The van der Waals surface area contributed by atoms with Gasteiger partial charge in [0.15, 0.2) is 0 Å². The number of rotatable bonds is 10. The molecule has 0 saturated carbocycles. The number of hydrogen-bond donors (Lipinski definition) is 1. The normalized spacial score (nSPS) is 12.5. The third-order valence-corrected chi connectivity index (χ3v) is 8.18. The summed E-state index contributed by atoms with van der Waals surface area (Å²) in [4.78, 5) is 0. The lowest BCUT2D eigenvalue weighted by Gasteiger charge is -2.22. The van der Waals surface area contributed by atoms with E-state index < -0.39 is 0 Å². The van der Waals surface area contributed by atoms with Crippen LogP contribution < -0.4 is 9.47 Å². The van der Waals surface area contributed by atoms with Gasteiger partial charge >= 0.3 is 0 Å². The molecule has 0 heterocycles. The van der Waals surface area contributed by atoms with Gasteiger partial charge in [0.05, 0.1) is 6.61 Å². The molecule has 0 spiro atoms. The Bertz CT molecular complexity index is 1820. The average molecular weight is 613 g/mol. The zero-order valence-corrected chi connectivity index (χ0v) is 27.3. The summed E-state index contributed by atoms with van der Waals surface area (Å²) in [5, 5.41) is 14.2. The molecule has 46 heavy (non-hydrogen) atoms. The first-order valence-electron chi connectivity index (χ1n) is 16.1. The zero-order chi connectivity index (χ0) is 32.5. The molecule has 2 aliphatic carbocycles. The second-order valence-electron chi connectivity index (χ2n) is 11.8. The van der Waals surface area contributed by atoms with E-state index in [0.717, 1.165) is 40.9 Å². The first kappa shape index (κ1) is 32.6. The lowest BCUT2D eigenvalue weighted by Crippen LogP contribution is -2.25. The van der Waals surface area contributed by atoms with Crippen LogP contribution in [0.15, 0.2) is 91.5 Å². The standard InChI is InChI=1S/C17H18O2.C13H18O.C12H8O/c1-11(2)17(18-3)19-15-10-9-13-8-7-12-5-4-6-14(15)16(12)13;1-3-5-6-11-14-13-9-7-12(4-2)8-10-13;13-11-7-6-9-5-4-8-2-1-3-10(11)12(8)9/h4-11,17H,1-3H3;4,7-10H,2-3,5-6,11H2,1H3;1-7,13H.